The predicted octanol–water partition coefficient (Wildman–Crippen LogP) is 5.54. The number of hydrogen-bond donors (Lipinski definition) is 0. The van der Waals surface area contributed by atoms with Crippen molar-refractivity contribution in [2.75, 3.05) is 0 Å². The van der Waals surface area contributed by atoms with Crippen molar-refractivity contribution in [3.8, 4) is 16.5 Å². The first-order valence-corrected chi connectivity index (χ1v) is 11.2. The van der Waals surface area contributed by atoms with Gasteiger partial charge >= 0.3 is 0 Å². The van der Waals surface area contributed by atoms with Gasteiger partial charge in [-0.05, 0) is 29.1 Å². The summed E-state index contributed by atoms with van der Waals surface area (Å²) in [6.07, 6.45) is 1.72. The summed E-state index contributed by atoms with van der Waals surface area (Å²) in [5.74, 6) is 0.671. The number of nitriles is 1. The average molecular weight is 422 g/mol. The number of hydrogen-bond acceptors (Lipinski definition) is 6. The second kappa shape index (κ2) is 8.15. The fourth-order valence-corrected chi connectivity index (χ4v) is 5.61. The van der Waals surface area contributed by atoms with Crippen molar-refractivity contribution in [3.63, 3.8) is 0 Å². The van der Waals surface area contributed by atoms with Crippen LogP contribution in [0.25, 0.3) is 20.7 Å². The Hall–Kier alpha value is -2.66. The summed E-state index contributed by atoms with van der Waals surface area (Å²) in [5.41, 5.74) is 2.64. The van der Waals surface area contributed by atoms with E-state index < -0.39 is 0 Å². The Morgan fingerprint density at radius 3 is 2.75 bits per heavy atom. The van der Waals surface area contributed by atoms with Gasteiger partial charge in [0, 0.05) is 28.1 Å². The minimum absolute atomic E-state index is 0.0307. The lowest BCUT2D eigenvalue weighted by atomic mass is 10.2. The SMILES string of the molecule is C=CCn1c(SCc2ccc(C#N)cc2)nc2scc(-c3cccs3)c2c1=O. The monoisotopic (exact) mass is 421 g/mol. The van der Waals surface area contributed by atoms with Crippen LogP contribution < -0.4 is 5.56 Å². The van der Waals surface area contributed by atoms with E-state index in [0.717, 1.165) is 20.8 Å². The quantitative estimate of drug-likeness (QED) is 0.233. The van der Waals surface area contributed by atoms with Crippen molar-refractivity contribution in [3.05, 3.63) is 81.3 Å². The van der Waals surface area contributed by atoms with E-state index in [1.165, 1.54) is 23.1 Å². The first-order chi connectivity index (χ1) is 13.7. The molecule has 0 radical (unpaired) electrons. The molecule has 4 aromatic rings. The zero-order chi connectivity index (χ0) is 19.5. The van der Waals surface area contributed by atoms with E-state index in [2.05, 4.69) is 12.6 Å². The number of fused-ring (bicyclic) bond motifs is 1. The van der Waals surface area contributed by atoms with Crippen LogP contribution in [0.15, 0.2) is 69.8 Å². The molecule has 0 saturated carbocycles. The third kappa shape index (κ3) is 3.54. The molecule has 28 heavy (non-hydrogen) atoms. The zero-order valence-corrected chi connectivity index (χ0v) is 17.2. The summed E-state index contributed by atoms with van der Waals surface area (Å²) in [7, 11) is 0. The van der Waals surface area contributed by atoms with Gasteiger partial charge < -0.3 is 0 Å². The summed E-state index contributed by atoms with van der Waals surface area (Å²) in [6.45, 7) is 4.21. The summed E-state index contributed by atoms with van der Waals surface area (Å²) in [6, 6.07) is 13.6. The van der Waals surface area contributed by atoms with Gasteiger partial charge in [0.1, 0.15) is 4.83 Å². The van der Waals surface area contributed by atoms with Crippen molar-refractivity contribution in [2.24, 2.45) is 0 Å². The normalized spacial score (nSPS) is 10.8. The molecule has 0 saturated heterocycles. The Morgan fingerprint density at radius 1 is 1.25 bits per heavy atom. The molecule has 4 nitrogen and oxygen atoms in total. The third-order valence-corrected chi connectivity index (χ3v) is 7.03. The Labute approximate surface area is 174 Å². The molecule has 0 aliphatic carbocycles. The van der Waals surface area contributed by atoms with Gasteiger partial charge in [0.15, 0.2) is 5.16 Å². The summed E-state index contributed by atoms with van der Waals surface area (Å²) in [4.78, 5) is 19.9. The molecule has 1 aromatic carbocycles. The molecule has 138 valence electrons. The van der Waals surface area contributed by atoms with Gasteiger partial charge in [-0.25, -0.2) is 4.98 Å². The van der Waals surface area contributed by atoms with Crippen molar-refractivity contribution in [2.45, 2.75) is 17.5 Å². The topological polar surface area (TPSA) is 58.7 Å². The Balaban J connectivity index is 1.73. The number of thiophene rings is 2. The molecule has 0 unspecified atom stereocenters. The second-order valence-electron chi connectivity index (χ2n) is 6.00. The number of aromatic nitrogens is 2. The first-order valence-electron chi connectivity index (χ1n) is 8.50. The van der Waals surface area contributed by atoms with Crippen molar-refractivity contribution in [1.29, 1.82) is 5.26 Å². The maximum Gasteiger partial charge on any atom is 0.263 e. The summed E-state index contributed by atoms with van der Waals surface area (Å²) in [5, 5.41) is 14.3. The van der Waals surface area contributed by atoms with Gasteiger partial charge in [-0.3, -0.25) is 9.36 Å². The van der Waals surface area contributed by atoms with Gasteiger partial charge in [0.25, 0.3) is 5.56 Å². The number of thioether (sulfide) groups is 1. The van der Waals surface area contributed by atoms with Crippen LogP contribution in [0.5, 0.6) is 0 Å². The molecule has 0 N–H and O–H groups in total. The molecule has 3 aromatic heterocycles. The maximum absolute atomic E-state index is 13.2. The second-order valence-corrected chi connectivity index (χ2v) is 8.75. The van der Waals surface area contributed by atoms with Gasteiger partial charge in [-0.15, -0.1) is 29.3 Å². The van der Waals surface area contributed by atoms with Gasteiger partial charge in [0.05, 0.1) is 17.0 Å². The van der Waals surface area contributed by atoms with Crippen LogP contribution in [-0.4, -0.2) is 9.55 Å². The average Bonchev–Trinajstić information content (AvgIpc) is 3.39. The largest absolute Gasteiger partial charge is 0.283 e. The Bertz CT molecular complexity index is 1230. The highest BCUT2D eigenvalue weighted by Crippen LogP contribution is 2.35. The van der Waals surface area contributed by atoms with Crippen molar-refractivity contribution >= 4 is 44.7 Å². The molecule has 0 spiro atoms. The van der Waals surface area contributed by atoms with E-state index in [1.54, 1.807) is 34.1 Å². The van der Waals surface area contributed by atoms with Crippen LogP contribution >= 0.6 is 34.4 Å². The predicted molar refractivity (Wildman–Crippen MR) is 118 cm³/mol. The van der Waals surface area contributed by atoms with Gasteiger partial charge in [0.2, 0.25) is 0 Å². The van der Waals surface area contributed by atoms with E-state index in [0.29, 0.717) is 28.4 Å². The molecule has 0 amide bonds. The fraction of sp³-hybridized carbons (Fsp3) is 0.0952. The summed E-state index contributed by atoms with van der Waals surface area (Å²) < 4.78 is 1.69. The molecule has 0 atom stereocenters. The molecule has 7 heteroatoms. The molecular weight excluding hydrogens is 406 g/mol. The lowest BCUT2D eigenvalue weighted by Crippen LogP contribution is -2.22. The Kier molecular flexibility index (Phi) is 5.44. The van der Waals surface area contributed by atoms with Crippen LogP contribution in [0.2, 0.25) is 0 Å². The highest BCUT2D eigenvalue weighted by atomic mass is 32.2. The number of allylic oxidation sites excluding steroid dienone is 1. The maximum atomic E-state index is 13.2. The number of benzene rings is 1. The zero-order valence-electron chi connectivity index (χ0n) is 14.8. The molecule has 0 bridgehead atoms. The molecule has 4 rings (SSSR count). The van der Waals surface area contributed by atoms with Crippen molar-refractivity contribution < 1.29 is 0 Å². The molecular formula is C21H15N3OS3. The van der Waals surface area contributed by atoms with Crippen LogP contribution in [0, 0.1) is 11.3 Å². The highest BCUT2D eigenvalue weighted by molar-refractivity contribution is 7.98. The minimum atomic E-state index is -0.0307. The Morgan fingerprint density at radius 2 is 2.07 bits per heavy atom. The van der Waals surface area contributed by atoms with Crippen molar-refractivity contribution in [1.82, 2.24) is 9.55 Å². The number of nitrogens with zero attached hydrogens (tertiary/aromatic N) is 3. The van der Waals surface area contributed by atoms with Crippen LogP contribution in [-0.2, 0) is 12.3 Å². The van der Waals surface area contributed by atoms with E-state index in [1.807, 2.05) is 35.0 Å². The van der Waals surface area contributed by atoms with E-state index in [4.69, 9.17) is 10.2 Å². The standard InChI is InChI=1S/C21H15N3OS3/c1-2-9-24-20(25)18-16(17-4-3-10-26-17)13-27-19(18)23-21(24)28-12-15-7-5-14(11-22)6-8-15/h2-8,10,13H,1,9,12H2. The first kappa shape index (κ1) is 18.7. The highest BCUT2D eigenvalue weighted by Gasteiger charge is 2.17. The van der Waals surface area contributed by atoms with Crippen LogP contribution in [0.4, 0.5) is 0 Å². The lowest BCUT2D eigenvalue weighted by molar-refractivity contribution is 0.673. The smallest absolute Gasteiger partial charge is 0.263 e. The van der Waals surface area contributed by atoms with E-state index >= 15 is 0 Å². The van der Waals surface area contributed by atoms with E-state index in [-0.39, 0.29) is 5.56 Å². The molecule has 0 aliphatic heterocycles. The van der Waals surface area contributed by atoms with Crippen LogP contribution in [0.1, 0.15) is 11.1 Å². The van der Waals surface area contributed by atoms with Gasteiger partial charge in [-0.1, -0.05) is 36.0 Å². The third-order valence-electron chi connectivity index (χ3n) is 4.21. The summed E-state index contributed by atoms with van der Waals surface area (Å²) >= 11 is 4.64. The lowest BCUT2D eigenvalue weighted by Gasteiger charge is -2.10. The molecule has 0 aliphatic rings. The van der Waals surface area contributed by atoms with Crippen LogP contribution in [0.3, 0.4) is 0 Å². The fourth-order valence-electron chi connectivity index (χ4n) is 2.84. The molecule has 3 heterocycles. The minimum Gasteiger partial charge on any atom is -0.283 e. The molecule has 0 fully saturated rings. The van der Waals surface area contributed by atoms with E-state index in [9.17, 15) is 4.79 Å². The number of rotatable bonds is 6. The van der Waals surface area contributed by atoms with Gasteiger partial charge in [-0.2, -0.15) is 5.26 Å².